The summed E-state index contributed by atoms with van der Waals surface area (Å²) in [5, 5.41) is 18.9. The standard InChI is InChI=1S/C22H21N3O3.C2HF3O2/c1-26-17-11-12-19(27-2)15(13-17)14-23-22-21-18(24-25-22)9-6-10-20(21)28-16-7-4-3-5-8-16;3-2(4,5)1(6)7/h3-13H,14H2,1-2H3,(H2,23,24,25);(H,6,7). The van der Waals surface area contributed by atoms with Gasteiger partial charge in [-0.1, -0.05) is 24.3 Å². The predicted molar refractivity (Wildman–Crippen MR) is 123 cm³/mol. The van der Waals surface area contributed by atoms with Crippen molar-refractivity contribution in [3.8, 4) is 23.0 Å². The van der Waals surface area contributed by atoms with E-state index in [0.29, 0.717) is 12.4 Å². The summed E-state index contributed by atoms with van der Waals surface area (Å²) < 4.78 is 48.6. The van der Waals surface area contributed by atoms with Crippen LogP contribution in [0.1, 0.15) is 5.56 Å². The number of carboxylic acids is 1. The van der Waals surface area contributed by atoms with Crippen molar-refractivity contribution in [3.05, 3.63) is 72.3 Å². The Morgan fingerprint density at radius 1 is 0.971 bits per heavy atom. The van der Waals surface area contributed by atoms with E-state index >= 15 is 0 Å². The molecule has 0 aliphatic carbocycles. The van der Waals surface area contributed by atoms with Crippen molar-refractivity contribution in [3.63, 3.8) is 0 Å². The topological polar surface area (TPSA) is 106 Å². The van der Waals surface area contributed by atoms with Crippen molar-refractivity contribution in [1.82, 2.24) is 10.2 Å². The van der Waals surface area contributed by atoms with Gasteiger partial charge in [0.25, 0.3) is 0 Å². The number of aromatic amines is 1. The van der Waals surface area contributed by atoms with Gasteiger partial charge < -0.3 is 24.6 Å². The van der Waals surface area contributed by atoms with Gasteiger partial charge in [0.15, 0.2) is 5.82 Å². The third-order valence-electron chi connectivity index (χ3n) is 4.70. The number of para-hydroxylation sites is 1. The molecule has 0 fully saturated rings. The Labute approximate surface area is 198 Å². The maximum Gasteiger partial charge on any atom is 0.490 e. The van der Waals surface area contributed by atoms with E-state index in [4.69, 9.17) is 24.1 Å². The zero-order valence-electron chi connectivity index (χ0n) is 18.7. The predicted octanol–water partition coefficient (Wildman–Crippen LogP) is 5.62. The smallest absolute Gasteiger partial charge is 0.490 e. The summed E-state index contributed by atoms with van der Waals surface area (Å²) >= 11 is 0. The van der Waals surface area contributed by atoms with Crippen LogP contribution in [-0.2, 0) is 11.3 Å². The molecule has 35 heavy (non-hydrogen) atoms. The fourth-order valence-electron chi connectivity index (χ4n) is 3.07. The minimum absolute atomic E-state index is 0.528. The molecular formula is C24H22F3N3O5. The highest BCUT2D eigenvalue weighted by Gasteiger charge is 2.38. The molecule has 0 unspecified atom stereocenters. The number of aliphatic carboxylic acids is 1. The number of carbonyl (C=O) groups is 1. The van der Waals surface area contributed by atoms with Crippen LogP contribution in [0.2, 0.25) is 0 Å². The molecule has 8 nitrogen and oxygen atoms in total. The van der Waals surface area contributed by atoms with E-state index in [0.717, 1.165) is 39.5 Å². The number of benzene rings is 3. The second-order valence-electron chi connectivity index (χ2n) is 7.00. The number of hydrogen-bond donors (Lipinski definition) is 3. The lowest BCUT2D eigenvalue weighted by Crippen LogP contribution is -2.21. The van der Waals surface area contributed by atoms with Crippen LogP contribution in [0.4, 0.5) is 19.0 Å². The number of carboxylic acid groups (broad SMARTS) is 1. The normalized spacial score (nSPS) is 10.8. The molecule has 4 rings (SSSR count). The third kappa shape index (κ3) is 6.56. The van der Waals surface area contributed by atoms with Crippen LogP contribution in [-0.4, -0.2) is 41.7 Å². The van der Waals surface area contributed by atoms with E-state index < -0.39 is 12.1 Å². The zero-order valence-corrected chi connectivity index (χ0v) is 18.7. The third-order valence-corrected chi connectivity index (χ3v) is 4.70. The molecule has 1 aromatic heterocycles. The Kier molecular flexibility index (Phi) is 8.03. The van der Waals surface area contributed by atoms with E-state index in [1.54, 1.807) is 14.2 Å². The van der Waals surface area contributed by atoms with Crippen molar-refractivity contribution >= 4 is 22.7 Å². The quantitative estimate of drug-likeness (QED) is 0.310. The van der Waals surface area contributed by atoms with Gasteiger partial charge in [0.1, 0.15) is 23.0 Å². The molecule has 0 saturated carbocycles. The lowest BCUT2D eigenvalue weighted by atomic mass is 10.1. The molecule has 4 aromatic rings. The molecule has 0 bridgehead atoms. The summed E-state index contributed by atoms with van der Waals surface area (Å²) in [6, 6.07) is 21.2. The van der Waals surface area contributed by atoms with Crippen molar-refractivity contribution < 1.29 is 37.3 Å². The van der Waals surface area contributed by atoms with Gasteiger partial charge >= 0.3 is 12.1 Å². The second kappa shape index (κ2) is 11.1. The summed E-state index contributed by atoms with van der Waals surface area (Å²) in [7, 11) is 3.30. The Morgan fingerprint density at radius 3 is 2.31 bits per heavy atom. The number of aromatic nitrogens is 2. The molecule has 0 aliphatic heterocycles. The van der Waals surface area contributed by atoms with Crippen molar-refractivity contribution in [2.75, 3.05) is 19.5 Å². The number of fused-ring (bicyclic) bond motifs is 1. The van der Waals surface area contributed by atoms with Crippen LogP contribution in [0.25, 0.3) is 10.9 Å². The van der Waals surface area contributed by atoms with E-state index in [-0.39, 0.29) is 0 Å². The molecule has 0 atom stereocenters. The first kappa shape index (κ1) is 25.2. The van der Waals surface area contributed by atoms with Crippen LogP contribution >= 0.6 is 0 Å². The van der Waals surface area contributed by atoms with Gasteiger partial charge in [-0.25, -0.2) is 4.79 Å². The molecule has 1 heterocycles. The maximum atomic E-state index is 10.6. The highest BCUT2D eigenvalue weighted by atomic mass is 19.4. The average Bonchev–Trinajstić information content (AvgIpc) is 3.27. The lowest BCUT2D eigenvalue weighted by Gasteiger charge is -2.12. The van der Waals surface area contributed by atoms with Crippen LogP contribution in [0, 0.1) is 0 Å². The molecule has 3 N–H and O–H groups in total. The number of anilines is 1. The molecule has 0 saturated heterocycles. The zero-order chi connectivity index (χ0) is 25.4. The van der Waals surface area contributed by atoms with Gasteiger partial charge in [-0.3, -0.25) is 5.10 Å². The molecule has 184 valence electrons. The number of methoxy groups -OCH3 is 2. The first-order valence-corrected chi connectivity index (χ1v) is 10.2. The summed E-state index contributed by atoms with van der Waals surface area (Å²) in [4.78, 5) is 8.90. The number of hydrogen-bond acceptors (Lipinski definition) is 6. The van der Waals surface area contributed by atoms with Gasteiger partial charge in [0, 0.05) is 12.1 Å². The van der Waals surface area contributed by atoms with Gasteiger partial charge in [-0.2, -0.15) is 18.3 Å². The number of H-pyrrole nitrogens is 1. The molecular weight excluding hydrogens is 467 g/mol. The molecule has 0 spiro atoms. The molecule has 3 aromatic carbocycles. The Bertz CT molecular complexity index is 1280. The highest BCUT2D eigenvalue weighted by molar-refractivity contribution is 5.95. The number of alkyl halides is 3. The first-order valence-electron chi connectivity index (χ1n) is 10.2. The maximum absolute atomic E-state index is 10.6. The Morgan fingerprint density at radius 2 is 1.69 bits per heavy atom. The van der Waals surface area contributed by atoms with Crippen LogP contribution in [0.5, 0.6) is 23.0 Å². The summed E-state index contributed by atoms with van der Waals surface area (Å²) in [6.45, 7) is 0.528. The van der Waals surface area contributed by atoms with Crippen LogP contribution in [0.3, 0.4) is 0 Å². The SMILES string of the molecule is COc1ccc(OC)c(CNc2n[nH]c3cccc(Oc4ccccc4)c23)c1.O=C(O)C(F)(F)F. The molecule has 0 aliphatic rings. The highest BCUT2D eigenvalue weighted by Crippen LogP contribution is 2.34. The number of ether oxygens (including phenoxy) is 3. The Hall–Kier alpha value is -4.41. The summed E-state index contributed by atoms with van der Waals surface area (Å²) in [5.74, 6) is 1.03. The molecule has 11 heteroatoms. The average molecular weight is 489 g/mol. The van der Waals surface area contributed by atoms with Gasteiger partial charge in [0.2, 0.25) is 0 Å². The summed E-state index contributed by atoms with van der Waals surface area (Å²) in [6.07, 6.45) is -5.08. The fraction of sp³-hybridized carbons (Fsp3) is 0.167. The largest absolute Gasteiger partial charge is 0.497 e. The van der Waals surface area contributed by atoms with E-state index in [1.807, 2.05) is 66.7 Å². The minimum atomic E-state index is -5.08. The van der Waals surface area contributed by atoms with Gasteiger partial charge in [-0.15, -0.1) is 0 Å². The van der Waals surface area contributed by atoms with Crippen LogP contribution < -0.4 is 19.5 Å². The van der Waals surface area contributed by atoms with E-state index in [9.17, 15) is 13.2 Å². The first-order chi connectivity index (χ1) is 16.7. The van der Waals surface area contributed by atoms with E-state index in [2.05, 4.69) is 15.5 Å². The number of nitrogens with zero attached hydrogens (tertiary/aromatic N) is 1. The summed E-state index contributed by atoms with van der Waals surface area (Å²) in [5.41, 5.74) is 1.87. The number of halogens is 3. The lowest BCUT2D eigenvalue weighted by molar-refractivity contribution is -0.192. The van der Waals surface area contributed by atoms with E-state index in [1.165, 1.54) is 0 Å². The minimum Gasteiger partial charge on any atom is -0.497 e. The monoisotopic (exact) mass is 489 g/mol. The molecule has 0 amide bonds. The Balaban J connectivity index is 0.000000429. The van der Waals surface area contributed by atoms with Crippen LogP contribution in [0.15, 0.2) is 66.7 Å². The van der Waals surface area contributed by atoms with Gasteiger partial charge in [-0.05, 0) is 42.5 Å². The second-order valence-corrected chi connectivity index (χ2v) is 7.00. The fourth-order valence-corrected chi connectivity index (χ4v) is 3.07. The number of rotatable bonds is 7. The molecule has 0 radical (unpaired) electrons. The van der Waals surface area contributed by atoms with Gasteiger partial charge in [0.05, 0.1) is 25.1 Å². The number of nitrogens with one attached hydrogen (secondary N) is 2. The van der Waals surface area contributed by atoms with Crippen molar-refractivity contribution in [1.29, 1.82) is 0 Å². The van der Waals surface area contributed by atoms with Crippen molar-refractivity contribution in [2.45, 2.75) is 12.7 Å². The van der Waals surface area contributed by atoms with Crippen molar-refractivity contribution in [2.24, 2.45) is 0 Å².